The van der Waals surface area contributed by atoms with Gasteiger partial charge in [-0.05, 0) is 30.7 Å². The third-order valence-electron chi connectivity index (χ3n) is 4.12. The SMILES string of the molecule is CC(OC(=O)c1cccc(S(=O)(=O)N(C)C)c1)C(=O)N(C)Cc1ccccc1. The quantitative estimate of drug-likeness (QED) is 0.660. The second-order valence-corrected chi connectivity index (χ2v) is 8.69. The fourth-order valence-electron chi connectivity index (χ4n) is 2.52. The van der Waals surface area contributed by atoms with E-state index in [0.29, 0.717) is 6.54 Å². The van der Waals surface area contributed by atoms with Gasteiger partial charge < -0.3 is 9.64 Å². The molecule has 1 atom stereocenters. The number of carbonyl (C=O) groups is 2. The molecular weight excluding hydrogens is 380 g/mol. The summed E-state index contributed by atoms with van der Waals surface area (Å²) in [6.07, 6.45) is -1.00. The molecule has 150 valence electrons. The van der Waals surface area contributed by atoms with Gasteiger partial charge in [-0.15, -0.1) is 0 Å². The van der Waals surface area contributed by atoms with Crippen molar-refractivity contribution in [1.29, 1.82) is 0 Å². The number of hydrogen-bond acceptors (Lipinski definition) is 5. The number of benzene rings is 2. The van der Waals surface area contributed by atoms with Gasteiger partial charge in [0, 0.05) is 27.7 Å². The van der Waals surface area contributed by atoms with Gasteiger partial charge in [-0.25, -0.2) is 17.5 Å². The second kappa shape index (κ2) is 8.99. The van der Waals surface area contributed by atoms with Crippen molar-refractivity contribution in [2.75, 3.05) is 21.1 Å². The normalized spacial score (nSPS) is 12.5. The summed E-state index contributed by atoms with van der Waals surface area (Å²) < 4.78 is 30.7. The maximum absolute atomic E-state index is 12.5. The van der Waals surface area contributed by atoms with Crippen LogP contribution in [0, 0.1) is 0 Å². The second-order valence-electron chi connectivity index (χ2n) is 6.54. The molecular formula is C20H24N2O5S. The molecule has 0 aliphatic carbocycles. The Kier molecular flexibility index (Phi) is 6.93. The first-order valence-electron chi connectivity index (χ1n) is 8.65. The molecule has 0 heterocycles. The maximum Gasteiger partial charge on any atom is 0.338 e. The Morgan fingerprint density at radius 1 is 1.00 bits per heavy atom. The summed E-state index contributed by atoms with van der Waals surface area (Å²) in [6.45, 7) is 1.88. The van der Waals surface area contributed by atoms with Crippen molar-refractivity contribution < 1.29 is 22.7 Å². The van der Waals surface area contributed by atoms with Crippen LogP contribution in [-0.4, -0.2) is 56.7 Å². The molecule has 2 aromatic carbocycles. The minimum atomic E-state index is -3.68. The van der Waals surface area contributed by atoms with Gasteiger partial charge in [-0.2, -0.15) is 0 Å². The number of hydrogen-bond donors (Lipinski definition) is 0. The molecule has 2 rings (SSSR count). The van der Waals surface area contributed by atoms with E-state index < -0.39 is 22.1 Å². The zero-order valence-corrected chi connectivity index (χ0v) is 17.1. The van der Waals surface area contributed by atoms with Gasteiger partial charge in [0.2, 0.25) is 10.0 Å². The van der Waals surface area contributed by atoms with E-state index in [1.54, 1.807) is 7.05 Å². The van der Waals surface area contributed by atoms with Crippen LogP contribution >= 0.6 is 0 Å². The van der Waals surface area contributed by atoms with Crippen molar-refractivity contribution in [1.82, 2.24) is 9.21 Å². The molecule has 28 heavy (non-hydrogen) atoms. The van der Waals surface area contributed by atoms with Crippen molar-refractivity contribution in [3.8, 4) is 0 Å². The van der Waals surface area contributed by atoms with Gasteiger partial charge in [0.25, 0.3) is 5.91 Å². The fourth-order valence-corrected chi connectivity index (χ4v) is 3.47. The Labute approximate surface area is 165 Å². The summed E-state index contributed by atoms with van der Waals surface area (Å²) in [5.74, 6) is -1.11. The molecule has 0 aliphatic rings. The predicted molar refractivity (Wildman–Crippen MR) is 105 cm³/mol. The van der Waals surface area contributed by atoms with Gasteiger partial charge in [-0.1, -0.05) is 36.4 Å². The largest absolute Gasteiger partial charge is 0.449 e. The highest BCUT2D eigenvalue weighted by Gasteiger charge is 2.24. The van der Waals surface area contributed by atoms with Crippen LogP contribution in [0.1, 0.15) is 22.8 Å². The number of esters is 1. The summed E-state index contributed by atoms with van der Waals surface area (Å²) in [5.41, 5.74) is 1.02. The van der Waals surface area contributed by atoms with E-state index in [1.807, 2.05) is 30.3 Å². The number of amides is 1. The number of ether oxygens (including phenoxy) is 1. The molecule has 0 aromatic heterocycles. The molecule has 0 saturated carbocycles. The molecule has 1 amide bonds. The Balaban J connectivity index is 2.06. The third kappa shape index (κ3) is 5.17. The highest BCUT2D eigenvalue weighted by Crippen LogP contribution is 2.16. The molecule has 0 saturated heterocycles. The Morgan fingerprint density at radius 2 is 1.64 bits per heavy atom. The Bertz CT molecular complexity index is 942. The molecule has 8 heteroatoms. The Hall–Kier alpha value is -2.71. The minimum Gasteiger partial charge on any atom is -0.449 e. The van der Waals surface area contributed by atoms with Crippen LogP contribution < -0.4 is 0 Å². The first kappa shape index (κ1) is 21.6. The highest BCUT2D eigenvalue weighted by molar-refractivity contribution is 7.89. The lowest BCUT2D eigenvalue weighted by Crippen LogP contribution is -2.37. The molecule has 0 bridgehead atoms. The average molecular weight is 404 g/mol. The average Bonchev–Trinajstić information content (AvgIpc) is 2.67. The molecule has 7 nitrogen and oxygen atoms in total. The molecule has 0 radical (unpaired) electrons. The van der Waals surface area contributed by atoms with E-state index in [0.717, 1.165) is 9.87 Å². The van der Waals surface area contributed by atoms with E-state index in [-0.39, 0.29) is 16.4 Å². The summed E-state index contributed by atoms with van der Waals surface area (Å²) in [5, 5.41) is 0. The lowest BCUT2D eigenvalue weighted by molar-refractivity contribution is -0.139. The van der Waals surface area contributed by atoms with Crippen LogP contribution in [0.4, 0.5) is 0 Å². The van der Waals surface area contributed by atoms with Gasteiger partial charge in [0.05, 0.1) is 10.5 Å². The van der Waals surface area contributed by atoms with E-state index in [4.69, 9.17) is 4.74 Å². The number of rotatable bonds is 7. The topological polar surface area (TPSA) is 84.0 Å². The molecule has 0 fully saturated rings. The van der Waals surface area contributed by atoms with Gasteiger partial charge in [0.15, 0.2) is 6.10 Å². The highest BCUT2D eigenvalue weighted by atomic mass is 32.2. The van der Waals surface area contributed by atoms with Crippen LogP contribution in [0.2, 0.25) is 0 Å². The van der Waals surface area contributed by atoms with E-state index in [2.05, 4.69) is 0 Å². The van der Waals surface area contributed by atoms with Crippen LogP contribution in [0.25, 0.3) is 0 Å². The Morgan fingerprint density at radius 3 is 2.25 bits per heavy atom. The first-order valence-corrected chi connectivity index (χ1v) is 10.1. The maximum atomic E-state index is 12.5. The zero-order chi connectivity index (χ0) is 20.9. The summed E-state index contributed by atoms with van der Waals surface area (Å²) in [6, 6.07) is 15.0. The lowest BCUT2D eigenvalue weighted by atomic mass is 10.2. The fraction of sp³-hybridized carbons (Fsp3) is 0.300. The number of carbonyl (C=O) groups excluding carboxylic acids is 2. The van der Waals surface area contributed by atoms with Crippen molar-refractivity contribution in [2.24, 2.45) is 0 Å². The predicted octanol–water partition coefficient (Wildman–Crippen LogP) is 2.14. The molecule has 0 aliphatic heterocycles. The first-order chi connectivity index (χ1) is 13.1. The molecule has 2 aromatic rings. The lowest BCUT2D eigenvalue weighted by Gasteiger charge is -2.21. The summed E-state index contributed by atoms with van der Waals surface area (Å²) in [7, 11) is 0.766. The van der Waals surface area contributed by atoms with Gasteiger partial charge in [0.1, 0.15) is 0 Å². The minimum absolute atomic E-state index is 0.0212. The molecule has 1 unspecified atom stereocenters. The van der Waals surface area contributed by atoms with Crippen LogP contribution in [0.15, 0.2) is 59.5 Å². The summed E-state index contributed by atoms with van der Waals surface area (Å²) >= 11 is 0. The van der Waals surface area contributed by atoms with Crippen molar-refractivity contribution in [3.05, 3.63) is 65.7 Å². The van der Waals surface area contributed by atoms with Crippen LogP contribution in [0.5, 0.6) is 0 Å². The third-order valence-corrected chi connectivity index (χ3v) is 5.93. The standard InChI is InChI=1S/C20H24N2O5S/c1-15(19(23)22(4)14-16-9-6-5-7-10-16)27-20(24)17-11-8-12-18(13-17)28(25,26)21(2)3/h5-13,15H,14H2,1-4H3. The monoisotopic (exact) mass is 404 g/mol. The van der Waals surface area contributed by atoms with Gasteiger partial charge in [-0.3, -0.25) is 4.79 Å². The number of sulfonamides is 1. The smallest absolute Gasteiger partial charge is 0.338 e. The van der Waals surface area contributed by atoms with Gasteiger partial charge >= 0.3 is 5.97 Å². The van der Waals surface area contributed by atoms with Crippen molar-refractivity contribution in [2.45, 2.75) is 24.5 Å². The van der Waals surface area contributed by atoms with E-state index in [9.17, 15) is 18.0 Å². The summed E-state index contributed by atoms with van der Waals surface area (Å²) in [4.78, 5) is 26.3. The zero-order valence-electron chi connectivity index (χ0n) is 16.3. The van der Waals surface area contributed by atoms with Crippen molar-refractivity contribution in [3.63, 3.8) is 0 Å². The van der Waals surface area contributed by atoms with Crippen molar-refractivity contribution >= 4 is 21.9 Å². The number of nitrogens with zero attached hydrogens (tertiary/aromatic N) is 2. The number of likely N-dealkylation sites (N-methyl/N-ethyl adjacent to an activating group) is 1. The van der Waals surface area contributed by atoms with Crippen LogP contribution in [-0.2, 0) is 26.1 Å². The van der Waals surface area contributed by atoms with E-state index in [1.165, 1.54) is 50.2 Å². The molecule has 0 N–H and O–H groups in total. The van der Waals surface area contributed by atoms with E-state index >= 15 is 0 Å². The molecule has 0 spiro atoms. The van der Waals surface area contributed by atoms with Crippen LogP contribution in [0.3, 0.4) is 0 Å².